The average Bonchev–Trinajstić information content (AvgIpc) is 2.47. The summed E-state index contributed by atoms with van der Waals surface area (Å²) < 4.78 is 26.9. The van der Waals surface area contributed by atoms with Gasteiger partial charge in [-0.2, -0.15) is 0 Å². The Labute approximate surface area is 124 Å². The molecule has 2 N–H and O–H groups in total. The van der Waals surface area contributed by atoms with Crippen molar-refractivity contribution in [2.45, 2.75) is 24.2 Å². The molecule has 0 saturated carbocycles. The van der Waals surface area contributed by atoms with E-state index in [0.717, 1.165) is 5.56 Å². The van der Waals surface area contributed by atoms with Gasteiger partial charge >= 0.3 is 0 Å². The molecule has 0 aliphatic rings. The van der Waals surface area contributed by atoms with Crippen LogP contribution in [-0.2, 0) is 15.4 Å². The Hall–Kier alpha value is -1.92. The molecule has 2 rings (SSSR count). The standard InChI is InChI=1S/C15H18N2O3S/c1-15(2,12-6-4-3-5-7-12)11-17-21(19,20)14-10-16-9-8-13(14)18/h3-10,17H,11H2,1-2H3,(H,16,18). The molecule has 6 heteroatoms. The van der Waals surface area contributed by atoms with Crippen molar-refractivity contribution in [1.29, 1.82) is 0 Å². The van der Waals surface area contributed by atoms with Crippen LogP contribution in [0.2, 0.25) is 0 Å². The van der Waals surface area contributed by atoms with Crippen molar-refractivity contribution in [3.63, 3.8) is 0 Å². The van der Waals surface area contributed by atoms with Crippen LogP contribution in [0.1, 0.15) is 19.4 Å². The van der Waals surface area contributed by atoms with E-state index in [4.69, 9.17) is 0 Å². The zero-order valence-corrected chi connectivity index (χ0v) is 12.8. The SMILES string of the molecule is CC(C)(CNS(=O)(=O)c1c[nH]ccc1=O)c1ccccc1. The first-order valence-corrected chi connectivity index (χ1v) is 8.03. The molecular formula is C15H18N2O3S. The van der Waals surface area contributed by atoms with Gasteiger partial charge in [0, 0.05) is 30.4 Å². The Kier molecular flexibility index (Phi) is 4.29. The van der Waals surface area contributed by atoms with Gasteiger partial charge in [-0.25, -0.2) is 13.1 Å². The minimum atomic E-state index is -3.83. The molecule has 0 spiro atoms. The van der Waals surface area contributed by atoms with E-state index in [1.165, 1.54) is 18.5 Å². The summed E-state index contributed by atoms with van der Waals surface area (Å²) in [6.07, 6.45) is 2.59. The van der Waals surface area contributed by atoms with Crippen molar-refractivity contribution in [1.82, 2.24) is 9.71 Å². The molecule has 0 atom stereocenters. The molecule has 0 bridgehead atoms. The molecule has 21 heavy (non-hydrogen) atoms. The van der Waals surface area contributed by atoms with E-state index in [1.54, 1.807) is 0 Å². The molecule has 0 radical (unpaired) electrons. The fourth-order valence-corrected chi connectivity index (χ4v) is 3.22. The highest BCUT2D eigenvalue weighted by Crippen LogP contribution is 2.22. The van der Waals surface area contributed by atoms with Gasteiger partial charge in [-0.05, 0) is 5.56 Å². The number of aromatic nitrogens is 1. The predicted octanol–water partition coefficient (Wildman–Crippen LogP) is 1.63. The number of aromatic amines is 1. The minimum absolute atomic E-state index is 0.202. The third kappa shape index (κ3) is 3.59. The van der Waals surface area contributed by atoms with Gasteiger partial charge in [-0.1, -0.05) is 44.2 Å². The van der Waals surface area contributed by atoms with Gasteiger partial charge in [-0.3, -0.25) is 4.79 Å². The Balaban J connectivity index is 2.20. The average molecular weight is 306 g/mol. The molecule has 0 fully saturated rings. The van der Waals surface area contributed by atoms with Gasteiger partial charge in [-0.15, -0.1) is 0 Å². The number of rotatable bonds is 5. The zero-order chi connectivity index (χ0) is 15.5. The van der Waals surface area contributed by atoms with Gasteiger partial charge in [0.2, 0.25) is 15.5 Å². The van der Waals surface area contributed by atoms with Crippen LogP contribution >= 0.6 is 0 Å². The van der Waals surface area contributed by atoms with Crippen LogP contribution in [-0.4, -0.2) is 19.9 Å². The van der Waals surface area contributed by atoms with Gasteiger partial charge < -0.3 is 4.98 Å². The lowest BCUT2D eigenvalue weighted by atomic mass is 9.85. The highest BCUT2D eigenvalue weighted by Gasteiger charge is 2.25. The van der Waals surface area contributed by atoms with Crippen molar-refractivity contribution < 1.29 is 8.42 Å². The molecule has 1 aromatic carbocycles. The summed E-state index contributed by atoms with van der Waals surface area (Å²) in [5, 5.41) is 0. The second-order valence-electron chi connectivity index (χ2n) is 5.45. The molecule has 1 aromatic heterocycles. The molecule has 0 saturated heterocycles. The fourth-order valence-electron chi connectivity index (χ4n) is 1.96. The second-order valence-corrected chi connectivity index (χ2v) is 7.18. The van der Waals surface area contributed by atoms with E-state index in [1.807, 2.05) is 44.2 Å². The number of sulfonamides is 1. The van der Waals surface area contributed by atoms with E-state index >= 15 is 0 Å². The smallest absolute Gasteiger partial charge is 0.245 e. The highest BCUT2D eigenvalue weighted by molar-refractivity contribution is 7.89. The van der Waals surface area contributed by atoms with Crippen LogP contribution in [0.5, 0.6) is 0 Å². The Morgan fingerprint density at radius 1 is 1.14 bits per heavy atom. The summed E-state index contributed by atoms with van der Waals surface area (Å²) in [6, 6.07) is 10.8. The quantitative estimate of drug-likeness (QED) is 0.881. The number of pyridine rings is 1. The van der Waals surface area contributed by atoms with E-state index in [2.05, 4.69) is 9.71 Å². The molecule has 1 heterocycles. The third-order valence-electron chi connectivity index (χ3n) is 3.34. The maximum absolute atomic E-state index is 12.2. The van der Waals surface area contributed by atoms with Gasteiger partial charge in [0.15, 0.2) is 0 Å². The maximum Gasteiger partial charge on any atom is 0.245 e. The summed E-state index contributed by atoms with van der Waals surface area (Å²) in [7, 11) is -3.83. The summed E-state index contributed by atoms with van der Waals surface area (Å²) in [4.78, 5) is 14.0. The van der Waals surface area contributed by atoms with Gasteiger partial charge in [0.1, 0.15) is 4.90 Å². The van der Waals surface area contributed by atoms with Crippen LogP contribution in [0.4, 0.5) is 0 Å². The maximum atomic E-state index is 12.2. The number of benzene rings is 1. The molecular weight excluding hydrogens is 288 g/mol. The molecule has 0 amide bonds. The minimum Gasteiger partial charge on any atom is -0.366 e. The summed E-state index contributed by atoms with van der Waals surface area (Å²) in [6.45, 7) is 4.09. The number of hydrogen-bond acceptors (Lipinski definition) is 3. The van der Waals surface area contributed by atoms with Crippen LogP contribution in [0, 0.1) is 0 Å². The van der Waals surface area contributed by atoms with Gasteiger partial charge in [0.05, 0.1) is 0 Å². The van der Waals surface area contributed by atoms with Crippen molar-refractivity contribution in [3.8, 4) is 0 Å². The van der Waals surface area contributed by atoms with E-state index in [-0.39, 0.29) is 16.9 Å². The van der Waals surface area contributed by atoms with Gasteiger partial charge in [0.25, 0.3) is 0 Å². The largest absolute Gasteiger partial charge is 0.366 e. The number of H-pyrrole nitrogens is 1. The molecule has 0 aliphatic carbocycles. The van der Waals surface area contributed by atoms with Crippen LogP contribution < -0.4 is 10.2 Å². The monoisotopic (exact) mass is 306 g/mol. The molecule has 0 aliphatic heterocycles. The third-order valence-corrected chi connectivity index (χ3v) is 4.76. The topological polar surface area (TPSA) is 79.0 Å². The summed E-state index contributed by atoms with van der Waals surface area (Å²) in [5.41, 5.74) is 0.115. The zero-order valence-electron chi connectivity index (χ0n) is 12.0. The van der Waals surface area contributed by atoms with Crippen molar-refractivity contribution in [2.24, 2.45) is 0 Å². The van der Waals surface area contributed by atoms with Crippen LogP contribution in [0.3, 0.4) is 0 Å². The van der Waals surface area contributed by atoms with E-state index < -0.39 is 15.5 Å². The normalized spacial score (nSPS) is 12.3. The van der Waals surface area contributed by atoms with E-state index in [9.17, 15) is 13.2 Å². The first-order valence-electron chi connectivity index (χ1n) is 6.55. The lowest BCUT2D eigenvalue weighted by Gasteiger charge is -2.25. The first-order chi connectivity index (χ1) is 9.83. The Morgan fingerprint density at radius 3 is 2.43 bits per heavy atom. The van der Waals surface area contributed by atoms with Crippen molar-refractivity contribution in [3.05, 3.63) is 64.6 Å². The number of nitrogens with one attached hydrogen (secondary N) is 2. The van der Waals surface area contributed by atoms with Crippen LogP contribution in [0.25, 0.3) is 0 Å². The Bertz CT molecular complexity index is 765. The lowest BCUT2D eigenvalue weighted by molar-refractivity contribution is 0.501. The Morgan fingerprint density at radius 2 is 1.81 bits per heavy atom. The molecule has 5 nitrogen and oxygen atoms in total. The van der Waals surface area contributed by atoms with Crippen molar-refractivity contribution >= 4 is 10.0 Å². The first kappa shape index (κ1) is 15.5. The summed E-state index contributed by atoms with van der Waals surface area (Å²) >= 11 is 0. The highest BCUT2D eigenvalue weighted by atomic mass is 32.2. The van der Waals surface area contributed by atoms with Crippen molar-refractivity contribution in [2.75, 3.05) is 6.54 Å². The molecule has 112 valence electrons. The fraction of sp³-hybridized carbons (Fsp3) is 0.267. The van der Waals surface area contributed by atoms with Crippen LogP contribution in [0.15, 0.2) is 58.5 Å². The lowest BCUT2D eigenvalue weighted by Crippen LogP contribution is -2.38. The number of hydrogen-bond donors (Lipinski definition) is 2. The summed E-state index contributed by atoms with van der Waals surface area (Å²) in [5.74, 6) is 0. The molecule has 2 aromatic rings. The van der Waals surface area contributed by atoms with E-state index in [0.29, 0.717) is 0 Å². The predicted molar refractivity (Wildman–Crippen MR) is 81.7 cm³/mol. The molecule has 0 unspecified atom stereocenters. The second kappa shape index (κ2) is 5.83.